The van der Waals surface area contributed by atoms with Crippen LogP contribution in [-0.4, -0.2) is 45.0 Å². The number of nitro groups is 1. The molecule has 0 bridgehead atoms. The van der Waals surface area contributed by atoms with Crippen LogP contribution in [-0.2, 0) is 11.3 Å². The minimum Gasteiger partial charge on any atom is -0.497 e. The molecule has 0 fully saturated rings. The quantitative estimate of drug-likeness (QED) is 0.125. The summed E-state index contributed by atoms with van der Waals surface area (Å²) in [4.78, 5) is 22.8. The van der Waals surface area contributed by atoms with Gasteiger partial charge in [-0.2, -0.15) is 0 Å². The van der Waals surface area contributed by atoms with Gasteiger partial charge in [0.15, 0.2) is 11.0 Å². The van der Waals surface area contributed by atoms with Crippen LogP contribution in [0.4, 0.5) is 5.69 Å². The number of rotatable bonds is 10. The van der Waals surface area contributed by atoms with Crippen molar-refractivity contribution in [1.29, 1.82) is 0 Å². The third-order valence-corrected chi connectivity index (χ3v) is 6.32. The van der Waals surface area contributed by atoms with Gasteiger partial charge in [-0.15, -0.1) is 10.2 Å². The second-order valence-corrected chi connectivity index (χ2v) is 8.55. The molecule has 11 nitrogen and oxygen atoms in total. The van der Waals surface area contributed by atoms with E-state index in [0.717, 1.165) is 11.8 Å². The number of carboxylic acids is 1. The molecule has 0 atom stereocenters. The number of nitro benzene ring substituents is 1. The normalized spacial score (nSPS) is 11.4. The van der Waals surface area contributed by atoms with Crippen LogP contribution in [0.1, 0.15) is 12.7 Å². The van der Waals surface area contributed by atoms with E-state index in [2.05, 4.69) is 10.2 Å². The zero-order valence-electron chi connectivity index (χ0n) is 20.1. The van der Waals surface area contributed by atoms with Crippen LogP contribution in [0, 0.1) is 10.1 Å². The van der Waals surface area contributed by atoms with E-state index in [0.29, 0.717) is 40.2 Å². The van der Waals surface area contributed by atoms with Crippen LogP contribution in [0.2, 0.25) is 0 Å². The predicted molar refractivity (Wildman–Crippen MR) is 137 cm³/mol. The molecule has 1 N–H and O–H groups in total. The Labute approximate surface area is 215 Å². The Balaban J connectivity index is 1.67. The Morgan fingerprint density at radius 3 is 2.46 bits per heavy atom. The van der Waals surface area contributed by atoms with Gasteiger partial charge in [0.2, 0.25) is 0 Å². The molecule has 2 aromatic carbocycles. The highest BCUT2D eigenvalue weighted by atomic mass is 32.2. The van der Waals surface area contributed by atoms with Gasteiger partial charge in [-0.3, -0.25) is 10.1 Å². The average molecular weight is 523 g/mol. The number of furan rings is 1. The van der Waals surface area contributed by atoms with Gasteiger partial charge in [0, 0.05) is 30.3 Å². The first kappa shape index (κ1) is 25.5. The SMILES string of the molecule is CCn1c(S/C(=C\c2ccc(-c3ccccc3[N+](=O)[O-])o2)C(=O)O)nnc1-c1cc(OC)cc(OC)c1. The highest BCUT2D eigenvalue weighted by Crippen LogP contribution is 2.35. The molecular weight excluding hydrogens is 500 g/mol. The van der Waals surface area contributed by atoms with Crippen molar-refractivity contribution in [3.05, 3.63) is 75.4 Å². The number of para-hydroxylation sites is 1. The van der Waals surface area contributed by atoms with E-state index in [1.54, 1.807) is 67.3 Å². The molecule has 37 heavy (non-hydrogen) atoms. The van der Waals surface area contributed by atoms with Crippen molar-refractivity contribution < 1.29 is 28.7 Å². The second-order valence-electron chi connectivity index (χ2n) is 7.54. The van der Waals surface area contributed by atoms with E-state index in [9.17, 15) is 20.0 Å². The number of carboxylic acid groups (broad SMARTS) is 1. The van der Waals surface area contributed by atoms with Crippen LogP contribution in [0.15, 0.2) is 69.1 Å². The summed E-state index contributed by atoms with van der Waals surface area (Å²) in [7, 11) is 3.09. The number of hydrogen-bond acceptors (Lipinski definition) is 9. The molecule has 0 spiro atoms. The predicted octanol–water partition coefficient (Wildman–Crippen LogP) is 5.37. The molecule has 0 saturated carbocycles. The summed E-state index contributed by atoms with van der Waals surface area (Å²) in [5.41, 5.74) is 0.872. The van der Waals surface area contributed by atoms with E-state index in [4.69, 9.17) is 13.9 Å². The zero-order valence-corrected chi connectivity index (χ0v) is 20.9. The summed E-state index contributed by atoms with van der Waals surface area (Å²) < 4.78 is 18.2. The Morgan fingerprint density at radius 2 is 1.84 bits per heavy atom. The molecule has 4 rings (SSSR count). The van der Waals surface area contributed by atoms with Crippen molar-refractivity contribution in [2.24, 2.45) is 0 Å². The van der Waals surface area contributed by atoms with Crippen molar-refractivity contribution in [1.82, 2.24) is 14.8 Å². The topological polar surface area (TPSA) is 143 Å². The van der Waals surface area contributed by atoms with Crippen molar-refractivity contribution >= 4 is 29.5 Å². The molecule has 0 unspecified atom stereocenters. The molecule has 0 aliphatic carbocycles. The van der Waals surface area contributed by atoms with E-state index in [1.165, 1.54) is 12.1 Å². The number of benzene rings is 2. The van der Waals surface area contributed by atoms with Gasteiger partial charge >= 0.3 is 5.97 Å². The molecule has 0 radical (unpaired) electrons. The van der Waals surface area contributed by atoms with Gasteiger partial charge < -0.3 is 23.6 Å². The van der Waals surface area contributed by atoms with Crippen LogP contribution >= 0.6 is 11.8 Å². The molecule has 12 heteroatoms. The van der Waals surface area contributed by atoms with Crippen LogP contribution in [0.25, 0.3) is 28.8 Å². The molecule has 4 aromatic rings. The Hall–Kier alpha value is -4.58. The number of aliphatic carboxylic acids is 1. The summed E-state index contributed by atoms with van der Waals surface area (Å²) in [6.07, 6.45) is 1.34. The van der Waals surface area contributed by atoms with Crippen LogP contribution in [0.5, 0.6) is 11.5 Å². The van der Waals surface area contributed by atoms with Crippen molar-refractivity contribution in [2.75, 3.05) is 14.2 Å². The summed E-state index contributed by atoms with van der Waals surface area (Å²) in [5.74, 6) is 0.949. The highest BCUT2D eigenvalue weighted by molar-refractivity contribution is 8.04. The van der Waals surface area contributed by atoms with Gasteiger partial charge in [0.1, 0.15) is 27.9 Å². The van der Waals surface area contributed by atoms with Crippen molar-refractivity contribution in [3.8, 4) is 34.2 Å². The lowest BCUT2D eigenvalue weighted by molar-refractivity contribution is -0.384. The van der Waals surface area contributed by atoms with E-state index in [-0.39, 0.29) is 22.1 Å². The van der Waals surface area contributed by atoms with Gasteiger partial charge in [0.25, 0.3) is 5.69 Å². The number of hydrogen-bond donors (Lipinski definition) is 1. The maximum Gasteiger partial charge on any atom is 0.342 e. The van der Waals surface area contributed by atoms with Gasteiger partial charge in [0.05, 0.1) is 24.7 Å². The fourth-order valence-electron chi connectivity index (χ4n) is 3.58. The standard InChI is InChI=1S/C25H22N4O7S/c1-4-28-23(15-11-17(34-2)13-18(12-15)35-3)26-27-25(28)37-22(24(30)31)14-16-9-10-21(36-16)19-7-5-6-8-20(19)29(32)33/h5-14H,4H2,1-3H3,(H,30,31)/b22-14-. The molecule has 0 amide bonds. The maximum absolute atomic E-state index is 12.1. The minimum absolute atomic E-state index is 0.0691. The van der Waals surface area contributed by atoms with Gasteiger partial charge in [-0.25, -0.2) is 4.79 Å². The molecule has 0 saturated heterocycles. The molecule has 0 aliphatic rings. The first-order valence-electron chi connectivity index (χ1n) is 11.0. The van der Waals surface area contributed by atoms with E-state index >= 15 is 0 Å². The number of carbonyl (C=O) groups is 1. The third-order valence-electron chi connectivity index (χ3n) is 5.32. The fourth-order valence-corrected chi connectivity index (χ4v) is 4.44. The van der Waals surface area contributed by atoms with Crippen molar-refractivity contribution in [3.63, 3.8) is 0 Å². The Kier molecular flexibility index (Phi) is 7.58. The minimum atomic E-state index is -1.19. The summed E-state index contributed by atoms with van der Waals surface area (Å²) in [5, 5.41) is 30.0. The first-order valence-corrected chi connectivity index (χ1v) is 11.8. The molecule has 0 aliphatic heterocycles. The lowest BCUT2D eigenvalue weighted by atomic mass is 10.1. The third kappa shape index (κ3) is 5.48. The number of methoxy groups -OCH3 is 2. The number of thioether (sulfide) groups is 1. The summed E-state index contributed by atoms with van der Waals surface area (Å²) >= 11 is 0.912. The second kappa shape index (κ2) is 11.0. The van der Waals surface area contributed by atoms with Gasteiger partial charge in [-0.1, -0.05) is 12.1 Å². The summed E-state index contributed by atoms with van der Waals surface area (Å²) in [6, 6.07) is 14.6. The molecular formula is C25H22N4O7S. The Morgan fingerprint density at radius 1 is 1.14 bits per heavy atom. The van der Waals surface area contributed by atoms with E-state index < -0.39 is 10.9 Å². The molecule has 2 heterocycles. The maximum atomic E-state index is 12.1. The van der Waals surface area contributed by atoms with E-state index in [1.807, 2.05) is 6.92 Å². The smallest absolute Gasteiger partial charge is 0.342 e. The fraction of sp³-hybridized carbons (Fsp3) is 0.160. The average Bonchev–Trinajstić information content (AvgIpc) is 3.54. The van der Waals surface area contributed by atoms with Crippen molar-refractivity contribution in [2.45, 2.75) is 18.6 Å². The molecule has 190 valence electrons. The lowest BCUT2D eigenvalue weighted by Crippen LogP contribution is -2.03. The number of aromatic nitrogens is 3. The van der Waals surface area contributed by atoms with Gasteiger partial charge in [-0.05, 0) is 49.0 Å². The highest BCUT2D eigenvalue weighted by Gasteiger charge is 2.21. The zero-order chi connectivity index (χ0) is 26.5. The largest absolute Gasteiger partial charge is 0.497 e. The van der Waals surface area contributed by atoms with Crippen LogP contribution in [0.3, 0.4) is 0 Å². The molecule has 2 aromatic heterocycles. The number of nitrogens with zero attached hydrogens (tertiary/aromatic N) is 4. The first-order chi connectivity index (χ1) is 17.8. The number of ether oxygens (including phenoxy) is 2. The summed E-state index contributed by atoms with van der Waals surface area (Å²) in [6.45, 7) is 2.36. The Bertz CT molecular complexity index is 1470. The van der Waals surface area contributed by atoms with Crippen LogP contribution < -0.4 is 9.47 Å². The lowest BCUT2D eigenvalue weighted by Gasteiger charge is -2.10. The monoisotopic (exact) mass is 522 g/mol.